The monoisotopic (exact) mass is 306 g/mol. The van der Waals surface area contributed by atoms with Crippen molar-refractivity contribution in [3.63, 3.8) is 0 Å². The summed E-state index contributed by atoms with van der Waals surface area (Å²) in [5.74, 6) is -2.58. The van der Waals surface area contributed by atoms with E-state index in [-0.39, 0.29) is 17.1 Å². The maximum Gasteiger partial charge on any atom is 0.383 e. The number of carbonyl (C=O) groups is 2. The van der Waals surface area contributed by atoms with Gasteiger partial charge in [0.05, 0.1) is 21.3 Å². The van der Waals surface area contributed by atoms with Gasteiger partial charge in [-0.05, 0) is 6.07 Å². The molecule has 0 radical (unpaired) electrons. The SMILES string of the molecule is COC(=O)/C(=C1/OC(=O)C(O)=C1OC)c1ccccc1OC. The summed E-state index contributed by atoms with van der Waals surface area (Å²) in [6.45, 7) is 0. The van der Waals surface area contributed by atoms with Gasteiger partial charge >= 0.3 is 11.9 Å². The predicted molar refractivity (Wildman–Crippen MR) is 74.7 cm³/mol. The summed E-state index contributed by atoms with van der Waals surface area (Å²) in [6.07, 6.45) is 0. The van der Waals surface area contributed by atoms with Gasteiger partial charge in [0.2, 0.25) is 11.5 Å². The predicted octanol–water partition coefficient (Wildman–Crippen LogP) is 1.55. The molecular formula is C15H14O7. The number of benzene rings is 1. The van der Waals surface area contributed by atoms with Crippen LogP contribution in [0.2, 0.25) is 0 Å². The molecule has 0 aliphatic carbocycles. The van der Waals surface area contributed by atoms with E-state index < -0.39 is 17.7 Å². The number of aliphatic hydroxyl groups excluding tert-OH is 1. The van der Waals surface area contributed by atoms with Gasteiger partial charge in [0.25, 0.3) is 0 Å². The van der Waals surface area contributed by atoms with Gasteiger partial charge in [-0.15, -0.1) is 0 Å². The van der Waals surface area contributed by atoms with Gasteiger partial charge in [-0.25, -0.2) is 9.59 Å². The van der Waals surface area contributed by atoms with E-state index >= 15 is 0 Å². The maximum atomic E-state index is 12.2. The molecule has 0 unspecified atom stereocenters. The Hall–Kier alpha value is -2.96. The molecule has 22 heavy (non-hydrogen) atoms. The zero-order chi connectivity index (χ0) is 16.3. The Bertz CT molecular complexity index is 685. The van der Waals surface area contributed by atoms with Crippen molar-refractivity contribution in [1.82, 2.24) is 0 Å². The van der Waals surface area contributed by atoms with E-state index in [4.69, 9.17) is 18.9 Å². The molecule has 1 aliphatic heterocycles. The molecule has 1 aliphatic rings. The molecule has 7 heteroatoms. The van der Waals surface area contributed by atoms with Crippen LogP contribution in [0.5, 0.6) is 5.75 Å². The van der Waals surface area contributed by atoms with Crippen molar-refractivity contribution in [2.24, 2.45) is 0 Å². The molecule has 0 bridgehead atoms. The molecule has 0 spiro atoms. The van der Waals surface area contributed by atoms with Gasteiger partial charge in [-0.2, -0.15) is 0 Å². The van der Waals surface area contributed by atoms with Crippen molar-refractivity contribution >= 4 is 17.5 Å². The lowest BCUT2D eigenvalue weighted by molar-refractivity contribution is -0.136. The van der Waals surface area contributed by atoms with Crippen LogP contribution in [0.15, 0.2) is 41.5 Å². The summed E-state index contributed by atoms with van der Waals surface area (Å²) < 4.78 is 19.8. The van der Waals surface area contributed by atoms with Gasteiger partial charge in [-0.1, -0.05) is 18.2 Å². The van der Waals surface area contributed by atoms with Crippen LogP contribution in [0.4, 0.5) is 0 Å². The minimum atomic E-state index is -1.01. The molecule has 0 fully saturated rings. The molecular weight excluding hydrogens is 292 g/mol. The summed E-state index contributed by atoms with van der Waals surface area (Å²) in [6, 6.07) is 6.61. The molecule has 0 atom stereocenters. The third kappa shape index (κ3) is 2.48. The number of methoxy groups -OCH3 is 3. The fourth-order valence-electron chi connectivity index (χ4n) is 2.02. The fourth-order valence-corrected chi connectivity index (χ4v) is 2.02. The number of rotatable bonds is 4. The largest absolute Gasteiger partial charge is 0.499 e. The summed E-state index contributed by atoms with van der Waals surface area (Å²) in [4.78, 5) is 23.7. The highest BCUT2D eigenvalue weighted by Crippen LogP contribution is 2.36. The second kappa shape index (κ2) is 6.21. The molecule has 116 valence electrons. The van der Waals surface area contributed by atoms with Gasteiger partial charge in [-0.3, -0.25) is 0 Å². The highest BCUT2D eigenvalue weighted by Gasteiger charge is 2.37. The van der Waals surface area contributed by atoms with Crippen molar-refractivity contribution in [3.05, 3.63) is 47.1 Å². The zero-order valence-electron chi connectivity index (χ0n) is 12.2. The van der Waals surface area contributed by atoms with E-state index in [1.807, 2.05) is 0 Å². The Morgan fingerprint density at radius 1 is 1.14 bits per heavy atom. The average Bonchev–Trinajstić information content (AvgIpc) is 2.82. The number of para-hydroxylation sites is 1. The van der Waals surface area contributed by atoms with Crippen LogP contribution in [0.3, 0.4) is 0 Å². The first-order valence-corrected chi connectivity index (χ1v) is 6.20. The Labute approximate surface area is 126 Å². The number of aliphatic hydroxyl groups is 1. The van der Waals surface area contributed by atoms with Crippen molar-refractivity contribution in [1.29, 1.82) is 0 Å². The quantitative estimate of drug-likeness (QED) is 0.666. The molecule has 1 aromatic rings. The third-order valence-electron chi connectivity index (χ3n) is 3.01. The van der Waals surface area contributed by atoms with Crippen LogP contribution >= 0.6 is 0 Å². The van der Waals surface area contributed by atoms with E-state index in [1.54, 1.807) is 24.3 Å². The van der Waals surface area contributed by atoms with Crippen LogP contribution in [0, 0.1) is 0 Å². The van der Waals surface area contributed by atoms with Gasteiger partial charge in [0.15, 0.2) is 5.76 Å². The van der Waals surface area contributed by atoms with E-state index in [0.29, 0.717) is 11.3 Å². The number of hydrogen-bond acceptors (Lipinski definition) is 7. The van der Waals surface area contributed by atoms with E-state index in [2.05, 4.69) is 0 Å². The summed E-state index contributed by atoms with van der Waals surface area (Å²) in [5.41, 5.74) is 0.248. The van der Waals surface area contributed by atoms with Crippen molar-refractivity contribution in [3.8, 4) is 5.75 Å². The lowest BCUT2D eigenvalue weighted by Crippen LogP contribution is -2.10. The van der Waals surface area contributed by atoms with Crippen LogP contribution in [-0.4, -0.2) is 38.4 Å². The molecule has 0 amide bonds. The van der Waals surface area contributed by atoms with Crippen LogP contribution < -0.4 is 4.74 Å². The number of hydrogen-bond donors (Lipinski definition) is 1. The summed E-state index contributed by atoms with van der Waals surface area (Å²) >= 11 is 0. The lowest BCUT2D eigenvalue weighted by Gasteiger charge is -2.13. The van der Waals surface area contributed by atoms with E-state index in [0.717, 1.165) is 0 Å². The van der Waals surface area contributed by atoms with E-state index in [1.165, 1.54) is 21.3 Å². The second-order valence-corrected chi connectivity index (χ2v) is 4.17. The summed E-state index contributed by atoms with van der Waals surface area (Å²) in [7, 11) is 3.86. The van der Waals surface area contributed by atoms with Crippen molar-refractivity contribution in [2.75, 3.05) is 21.3 Å². The zero-order valence-corrected chi connectivity index (χ0v) is 12.2. The molecule has 1 aromatic carbocycles. The first kappa shape index (κ1) is 15.4. The van der Waals surface area contributed by atoms with Gasteiger partial charge in [0.1, 0.15) is 11.3 Å². The lowest BCUT2D eigenvalue weighted by atomic mass is 10.0. The molecule has 1 N–H and O–H groups in total. The minimum absolute atomic E-state index is 0.0887. The molecule has 1 heterocycles. The average molecular weight is 306 g/mol. The Kier molecular flexibility index (Phi) is 4.36. The highest BCUT2D eigenvalue weighted by molar-refractivity contribution is 6.19. The van der Waals surface area contributed by atoms with Crippen molar-refractivity contribution in [2.45, 2.75) is 0 Å². The molecule has 0 saturated heterocycles. The van der Waals surface area contributed by atoms with E-state index in [9.17, 15) is 14.7 Å². The van der Waals surface area contributed by atoms with Crippen LogP contribution in [0.25, 0.3) is 5.57 Å². The Morgan fingerprint density at radius 3 is 2.41 bits per heavy atom. The van der Waals surface area contributed by atoms with Crippen LogP contribution in [0.1, 0.15) is 5.56 Å². The summed E-state index contributed by atoms with van der Waals surface area (Å²) in [5, 5.41) is 9.67. The molecule has 0 saturated carbocycles. The first-order valence-electron chi connectivity index (χ1n) is 6.20. The number of esters is 2. The van der Waals surface area contributed by atoms with Gasteiger partial charge in [0, 0.05) is 5.56 Å². The highest BCUT2D eigenvalue weighted by atomic mass is 16.6. The second-order valence-electron chi connectivity index (χ2n) is 4.17. The maximum absolute atomic E-state index is 12.2. The number of carbonyl (C=O) groups excluding carboxylic acids is 2. The normalized spacial score (nSPS) is 16.2. The van der Waals surface area contributed by atoms with Gasteiger partial charge < -0.3 is 24.1 Å². The molecule has 2 rings (SSSR count). The first-order chi connectivity index (χ1) is 10.5. The fraction of sp³-hybridized carbons (Fsp3) is 0.200. The molecule has 7 nitrogen and oxygen atoms in total. The Balaban J connectivity index is 2.75. The molecule has 0 aromatic heterocycles. The third-order valence-corrected chi connectivity index (χ3v) is 3.01. The number of cyclic esters (lactones) is 1. The Morgan fingerprint density at radius 2 is 1.82 bits per heavy atom. The minimum Gasteiger partial charge on any atom is -0.499 e. The number of ether oxygens (including phenoxy) is 4. The smallest absolute Gasteiger partial charge is 0.383 e. The van der Waals surface area contributed by atoms with Crippen LogP contribution in [-0.2, 0) is 23.8 Å². The topological polar surface area (TPSA) is 91.3 Å². The van der Waals surface area contributed by atoms with Crippen molar-refractivity contribution < 1.29 is 33.6 Å². The standard InChI is InChI=1S/C15H14O7/c1-19-9-7-5-4-6-8(9)10(14(17)21-3)12-13(20-2)11(16)15(18)22-12/h4-7,16H,1-3H3/b12-10+.